The Morgan fingerprint density at radius 1 is 1.53 bits per heavy atom. The lowest BCUT2D eigenvalue weighted by Crippen LogP contribution is -2.38. The molecule has 0 bridgehead atoms. The summed E-state index contributed by atoms with van der Waals surface area (Å²) in [6.45, 7) is 1.51. The summed E-state index contributed by atoms with van der Waals surface area (Å²) in [5, 5.41) is 10.5. The first-order valence-corrected chi connectivity index (χ1v) is 4.51. The molecular formula is C10H12N2O3. The average molecular weight is 208 g/mol. The molecule has 1 aromatic heterocycles. The van der Waals surface area contributed by atoms with Gasteiger partial charge in [-0.15, -0.1) is 0 Å². The topological polar surface area (TPSA) is 79.3 Å². The quantitative estimate of drug-likeness (QED) is 0.768. The van der Waals surface area contributed by atoms with Crippen LogP contribution < -0.4 is 5.32 Å². The van der Waals surface area contributed by atoms with Crippen molar-refractivity contribution in [3.63, 3.8) is 0 Å². The molecule has 0 aliphatic carbocycles. The zero-order valence-electron chi connectivity index (χ0n) is 8.30. The molecule has 80 valence electrons. The summed E-state index contributed by atoms with van der Waals surface area (Å²) in [6.07, 6.45) is 0.539. The van der Waals surface area contributed by atoms with Crippen LogP contribution in [0.25, 0.3) is 0 Å². The van der Waals surface area contributed by atoms with Crippen LogP contribution in [0.4, 0.5) is 4.79 Å². The molecule has 1 rings (SSSR count). The van der Waals surface area contributed by atoms with Crippen molar-refractivity contribution in [2.45, 2.75) is 19.4 Å². The van der Waals surface area contributed by atoms with E-state index in [9.17, 15) is 9.59 Å². The fourth-order valence-corrected chi connectivity index (χ4v) is 1.10. The van der Waals surface area contributed by atoms with E-state index in [0.29, 0.717) is 5.69 Å². The summed E-state index contributed by atoms with van der Waals surface area (Å²) in [5.74, 6) is -0.198. The Balaban J connectivity index is 2.52. The van der Waals surface area contributed by atoms with Crippen molar-refractivity contribution in [1.29, 1.82) is 0 Å². The second-order valence-electron chi connectivity index (χ2n) is 3.14. The summed E-state index contributed by atoms with van der Waals surface area (Å²) < 4.78 is 0. The highest BCUT2D eigenvalue weighted by Crippen LogP contribution is 1.98. The number of carbonyl (C=O) groups is 2. The lowest BCUT2D eigenvalue weighted by atomic mass is 10.1. The van der Waals surface area contributed by atoms with Gasteiger partial charge in [-0.1, -0.05) is 6.07 Å². The van der Waals surface area contributed by atoms with Crippen LogP contribution in [0.2, 0.25) is 0 Å². The van der Waals surface area contributed by atoms with Gasteiger partial charge in [0, 0.05) is 11.9 Å². The number of nitrogens with zero attached hydrogens (tertiary/aromatic N) is 1. The van der Waals surface area contributed by atoms with Crippen LogP contribution in [0.5, 0.6) is 0 Å². The zero-order valence-corrected chi connectivity index (χ0v) is 8.30. The van der Waals surface area contributed by atoms with E-state index in [1.807, 2.05) is 0 Å². The molecule has 0 saturated heterocycles. The van der Waals surface area contributed by atoms with Crippen molar-refractivity contribution in [3.05, 3.63) is 30.1 Å². The van der Waals surface area contributed by atoms with Gasteiger partial charge in [-0.25, -0.2) is 4.79 Å². The van der Waals surface area contributed by atoms with Crippen molar-refractivity contribution in [3.8, 4) is 0 Å². The first-order chi connectivity index (χ1) is 7.09. The highest BCUT2D eigenvalue weighted by Gasteiger charge is 2.15. The molecule has 0 aliphatic rings. The molecule has 0 saturated carbocycles. The van der Waals surface area contributed by atoms with E-state index in [1.54, 1.807) is 24.4 Å². The number of hydrogen-bond donors (Lipinski definition) is 2. The number of Topliss-reactive ketones (excluding diaryl/α,β-unsaturated/α-hetero) is 1. The van der Waals surface area contributed by atoms with E-state index in [0.717, 1.165) is 0 Å². The summed E-state index contributed by atoms with van der Waals surface area (Å²) in [5.41, 5.74) is 0.640. The predicted molar refractivity (Wildman–Crippen MR) is 53.6 cm³/mol. The first kappa shape index (κ1) is 11.2. The number of pyridine rings is 1. The Kier molecular flexibility index (Phi) is 3.79. The Labute approximate surface area is 87.1 Å². The number of hydrogen-bond acceptors (Lipinski definition) is 3. The Hall–Kier alpha value is -1.91. The maximum atomic E-state index is 11.5. The number of ketones is 1. The van der Waals surface area contributed by atoms with E-state index >= 15 is 0 Å². The molecule has 1 atom stereocenters. The molecule has 1 amide bonds. The summed E-state index contributed by atoms with van der Waals surface area (Å²) in [4.78, 5) is 25.8. The third kappa shape index (κ3) is 3.76. The SMILES string of the molecule is CC(NC(=O)O)C(=O)Cc1ccccn1. The number of nitrogens with one attached hydrogen (secondary N) is 1. The maximum absolute atomic E-state index is 11.5. The van der Waals surface area contributed by atoms with Gasteiger partial charge in [0.15, 0.2) is 5.78 Å². The third-order valence-corrected chi connectivity index (χ3v) is 1.90. The van der Waals surface area contributed by atoms with Crippen LogP contribution >= 0.6 is 0 Å². The minimum atomic E-state index is -1.20. The van der Waals surface area contributed by atoms with Crippen LogP contribution in [0.15, 0.2) is 24.4 Å². The molecule has 5 nitrogen and oxygen atoms in total. The van der Waals surface area contributed by atoms with Gasteiger partial charge >= 0.3 is 6.09 Å². The lowest BCUT2D eigenvalue weighted by Gasteiger charge is -2.09. The van der Waals surface area contributed by atoms with Gasteiger partial charge in [0.2, 0.25) is 0 Å². The van der Waals surface area contributed by atoms with Crippen molar-refractivity contribution < 1.29 is 14.7 Å². The van der Waals surface area contributed by atoms with E-state index in [1.165, 1.54) is 6.92 Å². The molecule has 2 N–H and O–H groups in total. The number of carbonyl (C=O) groups excluding carboxylic acids is 1. The number of amides is 1. The van der Waals surface area contributed by atoms with Gasteiger partial charge in [-0.05, 0) is 19.1 Å². The van der Waals surface area contributed by atoms with Crippen LogP contribution in [0.3, 0.4) is 0 Å². The van der Waals surface area contributed by atoms with Gasteiger partial charge in [0.05, 0.1) is 12.5 Å². The Morgan fingerprint density at radius 3 is 2.80 bits per heavy atom. The van der Waals surface area contributed by atoms with Crippen molar-refractivity contribution in [1.82, 2.24) is 10.3 Å². The van der Waals surface area contributed by atoms with Gasteiger partial charge in [-0.3, -0.25) is 9.78 Å². The van der Waals surface area contributed by atoms with Crippen LogP contribution in [-0.4, -0.2) is 28.0 Å². The van der Waals surface area contributed by atoms with E-state index in [2.05, 4.69) is 10.3 Å². The molecule has 5 heteroatoms. The smallest absolute Gasteiger partial charge is 0.405 e. The molecule has 0 fully saturated rings. The molecule has 1 aromatic rings. The number of rotatable bonds is 4. The monoisotopic (exact) mass is 208 g/mol. The van der Waals surface area contributed by atoms with Gasteiger partial charge in [0.25, 0.3) is 0 Å². The highest BCUT2D eigenvalue weighted by molar-refractivity contribution is 5.88. The molecule has 1 unspecified atom stereocenters. The minimum Gasteiger partial charge on any atom is -0.465 e. The number of carboxylic acid groups (broad SMARTS) is 1. The van der Waals surface area contributed by atoms with E-state index in [4.69, 9.17) is 5.11 Å². The minimum absolute atomic E-state index is 0.141. The first-order valence-electron chi connectivity index (χ1n) is 4.51. The summed E-state index contributed by atoms with van der Waals surface area (Å²) >= 11 is 0. The molecule has 0 aromatic carbocycles. The normalized spacial score (nSPS) is 11.8. The van der Waals surface area contributed by atoms with Gasteiger partial charge in [0.1, 0.15) is 0 Å². The van der Waals surface area contributed by atoms with Gasteiger partial charge < -0.3 is 10.4 Å². The summed E-state index contributed by atoms with van der Waals surface area (Å²) in [6, 6.07) is 4.56. The van der Waals surface area contributed by atoms with Crippen molar-refractivity contribution in [2.24, 2.45) is 0 Å². The van der Waals surface area contributed by atoms with E-state index in [-0.39, 0.29) is 12.2 Å². The lowest BCUT2D eigenvalue weighted by molar-refractivity contribution is -0.120. The molecule has 0 aliphatic heterocycles. The fraction of sp³-hybridized carbons (Fsp3) is 0.300. The largest absolute Gasteiger partial charge is 0.465 e. The highest BCUT2D eigenvalue weighted by atomic mass is 16.4. The Bertz CT molecular complexity index is 351. The molecule has 15 heavy (non-hydrogen) atoms. The zero-order chi connectivity index (χ0) is 11.3. The van der Waals surface area contributed by atoms with E-state index < -0.39 is 12.1 Å². The van der Waals surface area contributed by atoms with Crippen LogP contribution in [0, 0.1) is 0 Å². The maximum Gasteiger partial charge on any atom is 0.405 e. The van der Waals surface area contributed by atoms with Crippen LogP contribution in [-0.2, 0) is 11.2 Å². The second-order valence-corrected chi connectivity index (χ2v) is 3.14. The average Bonchev–Trinajstić information content (AvgIpc) is 2.18. The molecule has 1 heterocycles. The predicted octanol–water partition coefficient (Wildman–Crippen LogP) is 0.849. The molecule has 0 spiro atoms. The number of aromatic nitrogens is 1. The Morgan fingerprint density at radius 2 is 2.27 bits per heavy atom. The summed E-state index contributed by atoms with van der Waals surface area (Å²) in [7, 11) is 0. The third-order valence-electron chi connectivity index (χ3n) is 1.90. The van der Waals surface area contributed by atoms with Crippen molar-refractivity contribution in [2.75, 3.05) is 0 Å². The standard InChI is InChI=1S/C10H12N2O3/c1-7(12-10(14)15)9(13)6-8-4-2-3-5-11-8/h2-5,7,12H,6H2,1H3,(H,14,15). The fourth-order valence-electron chi connectivity index (χ4n) is 1.10. The molecule has 0 radical (unpaired) electrons. The van der Waals surface area contributed by atoms with Crippen LogP contribution in [0.1, 0.15) is 12.6 Å². The molecular weight excluding hydrogens is 196 g/mol. The van der Waals surface area contributed by atoms with Gasteiger partial charge in [-0.2, -0.15) is 0 Å². The second kappa shape index (κ2) is 5.09. The van der Waals surface area contributed by atoms with Crippen molar-refractivity contribution >= 4 is 11.9 Å².